The molecule has 0 radical (unpaired) electrons. The van der Waals surface area contributed by atoms with E-state index in [0.29, 0.717) is 5.70 Å². The maximum Gasteiger partial charge on any atom is 0.411 e. The highest BCUT2D eigenvalue weighted by molar-refractivity contribution is 5.96. The molecule has 2 N–H and O–H groups in total. The molecule has 14 nitrogen and oxygen atoms in total. The van der Waals surface area contributed by atoms with E-state index >= 15 is 0 Å². The highest BCUT2D eigenvalue weighted by Gasteiger charge is 2.31. The number of esters is 2. The molecule has 0 saturated heterocycles. The SMILES string of the molecule is CCOC(=O)c1nc(OC(=O)c2nc(NC(=O)C3CC(NC(=O)OC(C)(C)C)=CN3C)cn2C)cn1C. The number of hydrogen-bond donors (Lipinski definition) is 2. The molecular formula is C23H31N7O7. The van der Waals surface area contributed by atoms with Crippen LogP contribution in [0.3, 0.4) is 0 Å². The lowest BCUT2D eigenvalue weighted by molar-refractivity contribution is -0.119. The summed E-state index contributed by atoms with van der Waals surface area (Å²) in [5.74, 6) is -1.95. The maximum atomic E-state index is 12.9. The second kappa shape index (κ2) is 10.7. The number of aryl methyl sites for hydroxylation is 2. The Bertz CT molecular complexity index is 1240. The average Bonchev–Trinajstić information content (AvgIpc) is 3.43. The lowest BCUT2D eigenvalue weighted by Crippen LogP contribution is -2.37. The third kappa shape index (κ3) is 6.86. The van der Waals surface area contributed by atoms with E-state index in [1.807, 2.05) is 0 Å². The highest BCUT2D eigenvalue weighted by atomic mass is 16.6. The van der Waals surface area contributed by atoms with Crippen molar-refractivity contribution in [2.45, 2.75) is 45.8 Å². The minimum Gasteiger partial charge on any atom is -0.460 e. The van der Waals surface area contributed by atoms with Crippen molar-refractivity contribution in [3.05, 3.63) is 35.9 Å². The first-order valence-corrected chi connectivity index (χ1v) is 11.5. The number of nitrogens with zero attached hydrogens (tertiary/aromatic N) is 5. The number of carbonyl (C=O) groups excluding carboxylic acids is 4. The predicted molar refractivity (Wildman–Crippen MR) is 130 cm³/mol. The molecule has 1 aliphatic rings. The van der Waals surface area contributed by atoms with Crippen LogP contribution in [0.25, 0.3) is 0 Å². The van der Waals surface area contributed by atoms with Crippen molar-refractivity contribution in [3.63, 3.8) is 0 Å². The van der Waals surface area contributed by atoms with E-state index in [0.717, 1.165) is 0 Å². The number of rotatable bonds is 7. The van der Waals surface area contributed by atoms with Crippen molar-refractivity contribution in [2.24, 2.45) is 14.1 Å². The van der Waals surface area contributed by atoms with Gasteiger partial charge in [0.15, 0.2) is 5.82 Å². The molecule has 0 aromatic carbocycles. The molecule has 0 aliphatic carbocycles. The smallest absolute Gasteiger partial charge is 0.411 e. The van der Waals surface area contributed by atoms with Crippen LogP contribution in [0, 0.1) is 0 Å². The molecular weight excluding hydrogens is 486 g/mol. The van der Waals surface area contributed by atoms with Gasteiger partial charge in [-0.25, -0.2) is 19.4 Å². The summed E-state index contributed by atoms with van der Waals surface area (Å²) in [5, 5.41) is 5.32. The van der Waals surface area contributed by atoms with Crippen LogP contribution in [0.2, 0.25) is 0 Å². The van der Waals surface area contributed by atoms with Gasteiger partial charge in [-0.2, -0.15) is 4.98 Å². The van der Waals surface area contributed by atoms with Crippen LogP contribution in [0.5, 0.6) is 5.88 Å². The Kier molecular flexibility index (Phi) is 7.89. The van der Waals surface area contributed by atoms with Crippen molar-refractivity contribution < 1.29 is 33.4 Å². The molecule has 37 heavy (non-hydrogen) atoms. The van der Waals surface area contributed by atoms with E-state index in [9.17, 15) is 19.2 Å². The zero-order chi connectivity index (χ0) is 27.5. The van der Waals surface area contributed by atoms with Crippen LogP contribution in [-0.2, 0) is 28.4 Å². The highest BCUT2D eigenvalue weighted by Crippen LogP contribution is 2.21. The number of amides is 2. The Hall–Kier alpha value is -4.36. The van der Waals surface area contributed by atoms with E-state index in [1.165, 1.54) is 21.5 Å². The molecule has 14 heteroatoms. The number of carbonyl (C=O) groups is 4. The summed E-state index contributed by atoms with van der Waals surface area (Å²) >= 11 is 0. The van der Waals surface area contributed by atoms with E-state index in [4.69, 9.17) is 14.2 Å². The molecule has 2 aromatic rings. The van der Waals surface area contributed by atoms with Crippen molar-refractivity contribution >= 4 is 29.8 Å². The minimum atomic E-state index is -0.833. The molecule has 1 unspecified atom stereocenters. The number of hydrogen-bond acceptors (Lipinski definition) is 10. The Morgan fingerprint density at radius 2 is 1.65 bits per heavy atom. The summed E-state index contributed by atoms with van der Waals surface area (Å²) in [7, 11) is 4.83. The van der Waals surface area contributed by atoms with E-state index < -0.39 is 29.7 Å². The van der Waals surface area contributed by atoms with Gasteiger partial charge in [0.2, 0.25) is 23.4 Å². The second-order valence-electron chi connectivity index (χ2n) is 9.34. The predicted octanol–water partition coefficient (Wildman–Crippen LogP) is 1.56. The zero-order valence-electron chi connectivity index (χ0n) is 21.8. The Labute approximate surface area is 213 Å². The molecule has 2 amide bonds. The normalized spacial score (nSPS) is 15.2. The monoisotopic (exact) mass is 517 g/mol. The Morgan fingerprint density at radius 3 is 2.30 bits per heavy atom. The largest absolute Gasteiger partial charge is 0.460 e. The molecule has 0 saturated carbocycles. The third-order valence-electron chi connectivity index (χ3n) is 5.05. The molecule has 3 heterocycles. The van der Waals surface area contributed by atoms with Crippen LogP contribution in [0.15, 0.2) is 24.3 Å². The van der Waals surface area contributed by atoms with Gasteiger partial charge in [-0.05, 0) is 27.7 Å². The topological polar surface area (TPSA) is 159 Å². The van der Waals surface area contributed by atoms with Crippen molar-refractivity contribution in [1.29, 1.82) is 0 Å². The van der Waals surface area contributed by atoms with Gasteiger partial charge in [0.1, 0.15) is 11.6 Å². The molecule has 3 rings (SSSR count). The summed E-state index contributed by atoms with van der Waals surface area (Å²) in [6, 6.07) is -0.614. The molecule has 0 fully saturated rings. The Balaban J connectivity index is 1.61. The van der Waals surface area contributed by atoms with Crippen LogP contribution in [0.1, 0.15) is 55.4 Å². The fourth-order valence-corrected chi connectivity index (χ4v) is 3.48. The van der Waals surface area contributed by atoms with Gasteiger partial charge in [-0.1, -0.05) is 0 Å². The zero-order valence-corrected chi connectivity index (χ0v) is 21.8. The van der Waals surface area contributed by atoms with Gasteiger partial charge in [0.05, 0.1) is 12.8 Å². The van der Waals surface area contributed by atoms with E-state index in [-0.39, 0.29) is 42.3 Å². The summed E-state index contributed by atoms with van der Waals surface area (Å²) < 4.78 is 18.2. The summed E-state index contributed by atoms with van der Waals surface area (Å²) in [5.41, 5.74) is -0.122. The summed E-state index contributed by atoms with van der Waals surface area (Å²) in [4.78, 5) is 59.2. The van der Waals surface area contributed by atoms with Gasteiger partial charge in [-0.15, -0.1) is 0 Å². The number of anilines is 1. The standard InChI is InChI=1S/C23H31N7O7/c1-8-35-20(32)17-27-16(12-30(17)7)36-21(33)18-25-15(11-29(18)6)26-19(31)14-9-13(10-28(14)5)24-22(34)37-23(2,3)4/h10-12,14H,8-9H2,1-7H3,(H,24,34)(H,26,31). The van der Waals surface area contributed by atoms with Gasteiger partial charge in [0.25, 0.3) is 0 Å². The molecule has 1 aliphatic heterocycles. The van der Waals surface area contributed by atoms with Gasteiger partial charge >= 0.3 is 18.0 Å². The van der Waals surface area contributed by atoms with Crippen LogP contribution < -0.4 is 15.4 Å². The van der Waals surface area contributed by atoms with Crippen LogP contribution in [-0.4, -0.2) is 73.2 Å². The lowest BCUT2D eigenvalue weighted by Gasteiger charge is -2.20. The van der Waals surface area contributed by atoms with Crippen molar-refractivity contribution in [1.82, 2.24) is 29.3 Å². The van der Waals surface area contributed by atoms with Gasteiger partial charge < -0.3 is 33.6 Å². The molecule has 1 atom stereocenters. The molecule has 0 spiro atoms. The quantitative estimate of drug-likeness (QED) is 0.516. The first kappa shape index (κ1) is 27.2. The lowest BCUT2D eigenvalue weighted by atomic mass is 10.2. The van der Waals surface area contributed by atoms with Crippen LogP contribution in [0.4, 0.5) is 10.6 Å². The van der Waals surface area contributed by atoms with Crippen molar-refractivity contribution in [3.8, 4) is 5.88 Å². The number of likely N-dealkylation sites (N-methyl/N-ethyl adjacent to an activating group) is 1. The first-order chi connectivity index (χ1) is 17.3. The number of nitrogens with one attached hydrogen (secondary N) is 2. The fourth-order valence-electron chi connectivity index (χ4n) is 3.48. The summed E-state index contributed by atoms with van der Waals surface area (Å²) in [6.45, 7) is 7.11. The number of ether oxygens (including phenoxy) is 3. The molecule has 2 aromatic heterocycles. The Morgan fingerprint density at radius 1 is 1.00 bits per heavy atom. The average molecular weight is 518 g/mol. The van der Waals surface area contributed by atoms with Crippen molar-refractivity contribution in [2.75, 3.05) is 19.0 Å². The minimum absolute atomic E-state index is 0.0211. The van der Waals surface area contributed by atoms with E-state index in [2.05, 4.69) is 20.6 Å². The first-order valence-electron chi connectivity index (χ1n) is 11.5. The molecule has 0 bridgehead atoms. The second-order valence-corrected chi connectivity index (χ2v) is 9.34. The van der Waals surface area contributed by atoms with Gasteiger partial charge in [0, 0.05) is 45.7 Å². The summed E-state index contributed by atoms with van der Waals surface area (Å²) in [6.07, 6.45) is 4.10. The maximum absolute atomic E-state index is 12.9. The van der Waals surface area contributed by atoms with Gasteiger partial charge in [-0.3, -0.25) is 10.1 Å². The number of aromatic nitrogens is 4. The fraction of sp³-hybridized carbons (Fsp3) is 0.478. The number of imidazole rings is 2. The van der Waals surface area contributed by atoms with Crippen LogP contribution >= 0.6 is 0 Å². The molecule has 200 valence electrons. The number of alkyl carbamates (subject to hydrolysis) is 1. The third-order valence-corrected chi connectivity index (χ3v) is 5.05. The van der Waals surface area contributed by atoms with E-state index in [1.54, 1.807) is 59.9 Å².